The minimum absolute atomic E-state index is 0.0287. The largest absolute Gasteiger partial charge is 0.339 e. The highest BCUT2D eigenvalue weighted by atomic mass is 35.5. The van der Waals surface area contributed by atoms with Gasteiger partial charge in [-0.2, -0.15) is 4.98 Å². The number of benzene rings is 1. The van der Waals surface area contributed by atoms with E-state index in [-0.39, 0.29) is 28.1 Å². The Balaban J connectivity index is 1.46. The number of hydrogen-bond donors (Lipinski definition) is 1. The molecular formula is C21H18ClF5N6OS2. The molecule has 4 heterocycles. The second-order valence-electron chi connectivity index (χ2n) is 8.22. The van der Waals surface area contributed by atoms with Crippen LogP contribution in [0.25, 0.3) is 5.57 Å². The fourth-order valence-corrected chi connectivity index (χ4v) is 5.98. The first kappa shape index (κ1) is 24.8. The molecule has 1 atom stereocenters. The Bertz CT molecular complexity index is 1420. The summed E-state index contributed by atoms with van der Waals surface area (Å²) in [5, 5.41) is 3.09. The topological polar surface area (TPSA) is 83.9 Å². The maximum Gasteiger partial charge on any atom is 0.310 e. The fraction of sp³-hybridized carbons (Fsp3) is 0.238. The Hall–Kier alpha value is -2.84. The molecule has 0 saturated heterocycles. The van der Waals surface area contributed by atoms with E-state index in [1.54, 1.807) is 0 Å². The quantitative estimate of drug-likeness (QED) is 0.365. The van der Waals surface area contributed by atoms with Crippen molar-refractivity contribution in [2.45, 2.75) is 22.6 Å². The minimum atomic E-state index is -9.87. The first-order chi connectivity index (χ1) is 16.8. The Morgan fingerprint density at radius 3 is 2.47 bits per heavy atom. The maximum absolute atomic E-state index is 13.3. The van der Waals surface area contributed by atoms with Crippen LogP contribution in [0.5, 0.6) is 0 Å². The van der Waals surface area contributed by atoms with Crippen molar-refractivity contribution < 1.29 is 23.6 Å². The predicted molar refractivity (Wildman–Crippen MR) is 130 cm³/mol. The number of aryl methyl sites for hydroxylation is 1. The van der Waals surface area contributed by atoms with Gasteiger partial charge < -0.3 is 10.2 Å². The summed E-state index contributed by atoms with van der Waals surface area (Å²) in [6.07, 6.45) is 5.88. The van der Waals surface area contributed by atoms with Crippen molar-refractivity contribution in [3.8, 4) is 0 Å². The van der Waals surface area contributed by atoms with Crippen LogP contribution in [0.1, 0.15) is 17.9 Å². The average Bonchev–Trinajstić information content (AvgIpc) is 3.19. The molecule has 36 heavy (non-hydrogen) atoms. The lowest BCUT2D eigenvalue weighted by Gasteiger charge is -2.40. The summed E-state index contributed by atoms with van der Waals surface area (Å²) in [7, 11) is -11.4. The van der Waals surface area contributed by atoms with E-state index in [9.17, 15) is 23.6 Å². The standard InChI is InChI=1S/C21H18ClF5N6OS2/c22-14-11-28-19(29-12-14)13-4-7-33(8-5-13)21-31-17-6-9-35(34)18(17)20(32-21)30-15-2-1-3-16(10-15)36(23,24,25,26)27/h1-4,10-12H,5-9H2,(H,30,31,32). The van der Waals surface area contributed by atoms with E-state index < -0.39 is 25.9 Å². The first-order valence-electron chi connectivity index (χ1n) is 10.6. The molecule has 1 aromatic carbocycles. The highest BCUT2D eigenvalue weighted by Gasteiger charge is 2.65. The number of halogens is 6. The van der Waals surface area contributed by atoms with Crippen LogP contribution in [0.15, 0.2) is 52.5 Å². The number of aromatic nitrogens is 4. The van der Waals surface area contributed by atoms with Gasteiger partial charge in [0.15, 0.2) is 11.6 Å². The Kier molecular flexibility index (Phi) is 5.58. The molecule has 0 saturated carbocycles. The smallest absolute Gasteiger partial charge is 0.310 e. The molecule has 3 aromatic rings. The van der Waals surface area contributed by atoms with Crippen LogP contribution >= 0.6 is 21.8 Å². The number of nitrogens with one attached hydrogen (secondary N) is 1. The minimum Gasteiger partial charge on any atom is -0.339 e. The van der Waals surface area contributed by atoms with Gasteiger partial charge in [-0.05, 0) is 30.2 Å². The van der Waals surface area contributed by atoms with Crippen molar-refractivity contribution in [3.63, 3.8) is 0 Å². The van der Waals surface area contributed by atoms with Crippen molar-refractivity contribution in [3.05, 3.63) is 59.3 Å². The summed E-state index contributed by atoms with van der Waals surface area (Å²) in [6.45, 7) is 0.904. The average molecular weight is 565 g/mol. The number of rotatable bonds is 5. The molecule has 0 amide bonds. The number of anilines is 3. The molecule has 1 unspecified atom stereocenters. The zero-order chi connectivity index (χ0) is 25.8. The van der Waals surface area contributed by atoms with Crippen LogP contribution in [0.3, 0.4) is 0 Å². The van der Waals surface area contributed by atoms with Gasteiger partial charge in [-0.3, -0.25) is 4.21 Å². The fourth-order valence-electron chi connectivity index (χ4n) is 3.89. The van der Waals surface area contributed by atoms with E-state index in [0.717, 1.165) is 11.6 Å². The molecule has 7 nitrogen and oxygen atoms in total. The van der Waals surface area contributed by atoms with Gasteiger partial charge in [-0.25, -0.2) is 15.0 Å². The lowest BCUT2D eigenvalue weighted by Crippen LogP contribution is -2.30. The number of hydrogen-bond acceptors (Lipinski definition) is 7. The van der Waals surface area contributed by atoms with Crippen LogP contribution < -0.4 is 10.2 Å². The van der Waals surface area contributed by atoms with Crippen molar-refractivity contribution in [1.82, 2.24) is 19.9 Å². The third kappa shape index (κ3) is 5.15. The molecule has 0 fully saturated rings. The third-order valence-corrected chi connectivity index (χ3v) is 8.42. The van der Waals surface area contributed by atoms with Crippen molar-refractivity contribution in [1.29, 1.82) is 0 Å². The van der Waals surface area contributed by atoms with Crippen LogP contribution in [-0.4, -0.2) is 43.0 Å². The van der Waals surface area contributed by atoms with Crippen molar-refractivity contribution in [2.75, 3.05) is 29.1 Å². The van der Waals surface area contributed by atoms with Crippen LogP contribution in [0, 0.1) is 0 Å². The molecular weight excluding hydrogens is 547 g/mol. The van der Waals surface area contributed by atoms with Gasteiger partial charge in [0.2, 0.25) is 5.95 Å². The summed E-state index contributed by atoms with van der Waals surface area (Å²) in [4.78, 5) is 17.5. The van der Waals surface area contributed by atoms with E-state index >= 15 is 0 Å². The predicted octanol–water partition coefficient (Wildman–Crippen LogP) is 6.28. The van der Waals surface area contributed by atoms with Gasteiger partial charge in [0.25, 0.3) is 0 Å². The molecule has 192 valence electrons. The summed E-state index contributed by atoms with van der Waals surface area (Å²) >= 11 is 5.84. The summed E-state index contributed by atoms with van der Waals surface area (Å²) in [5.41, 5.74) is 1.16. The number of fused-ring (bicyclic) bond motifs is 1. The highest BCUT2D eigenvalue weighted by molar-refractivity contribution is 8.45. The van der Waals surface area contributed by atoms with E-state index in [4.69, 9.17) is 11.6 Å². The van der Waals surface area contributed by atoms with Crippen LogP contribution in [0.2, 0.25) is 5.02 Å². The third-order valence-electron chi connectivity index (χ3n) is 5.62. The van der Waals surface area contributed by atoms with Gasteiger partial charge in [-0.1, -0.05) is 43.2 Å². The molecule has 15 heteroatoms. The number of nitrogens with zero attached hydrogens (tertiary/aromatic N) is 5. The summed E-state index contributed by atoms with van der Waals surface area (Å²) < 4.78 is 79.1. The molecule has 0 aliphatic carbocycles. The zero-order valence-corrected chi connectivity index (χ0v) is 20.7. The monoisotopic (exact) mass is 564 g/mol. The molecule has 2 aliphatic rings. The molecule has 0 bridgehead atoms. The van der Waals surface area contributed by atoms with Crippen molar-refractivity contribution in [2.24, 2.45) is 0 Å². The molecule has 2 aromatic heterocycles. The van der Waals surface area contributed by atoms with Crippen molar-refractivity contribution >= 4 is 55.7 Å². The van der Waals surface area contributed by atoms with Crippen LogP contribution in [0.4, 0.5) is 36.9 Å². The normalized spacial score (nSPS) is 19.8. The van der Waals surface area contributed by atoms with Gasteiger partial charge in [0, 0.05) is 43.3 Å². The van der Waals surface area contributed by atoms with E-state index in [2.05, 4.69) is 25.3 Å². The Morgan fingerprint density at radius 2 is 1.81 bits per heavy atom. The first-order valence-corrected chi connectivity index (χ1v) is 14.2. The second-order valence-corrected chi connectivity index (χ2v) is 12.6. The van der Waals surface area contributed by atoms with Gasteiger partial charge in [-0.15, -0.1) is 0 Å². The lowest BCUT2D eigenvalue weighted by atomic mass is 10.1. The lowest BCUT2D eigenvalue weighted by molar-refractivity contribution is 0.364. The van der Waals surface area contributed by atoms with Crippen LogP contribution in [-0.2, 0) is 17.2 Å². The summed E-state index contributed by atoms with van der Waals surface area (Å²) in [5.74, 6) is 1.15. The molecule has 0 spiro atoms. The molecule has 0 radical (unpaired) electrons. The van der Waals surface area contributed by atoms with Gasteiger partial charge in [0.05, 0.1) is 21.5 Å². The molecule has 1 N–H and O–H groups in total. The Morgan fingerprint density at radius 1 is 1.06 bits per heavy atom. The van der Waals surface area contributed by atoms with E-state index in [0.29, 0.717) is 54.6 Å². The second kappa shape index (κ2) is 8.08. The van der Waals surface area contributed by atoms with E-state index in [1.165, 1.54) is 18.5 Å². The SMILES string of the molecule is O=S1CCc2nc(N3CC=C(c4ncc(Cl)cn4)CC3)nc(Nc3cccc(S(F)(F)(F)(F)F)c3)c21. The molecule has 5 rings (SSSR count). The maximum atomic E-state index is 13.3. The molecule has 2 aliphatic heterocycles. The van der Waals surface area contributed by atoms with E-state index in [1.807, 2.05) is 11.0 Å². The summed E-state index contributed by atoms with van der Waals surface area (Å²) in [6, 6.07) is 2.74. The zero-order valence-electron chi connectivity index (χ0n) is 18.3. The highest BCUT2D eigenvalue weighted by Crippen LogP contribution is 3.02. The Labute approximate surface area is 210 Å². The van der Waals surface area contributed by atoms with Gasteiger partial charge >= 0.3 is 10.2 Å². The van der Waals surface area contributed by atoms with Gasteiger partial charge in [0.1, 0.15) is 9.79 Å².